The molecular formula is C13H21BrN4O. The van der Waals surface area contributed by atoms with E-state index in [1.807, 2.05) is 11.0 Å². The van der Waals surface area contributed by atoms with E-state index in [-0.39, 0.29) is 11.8 Å². The van der Waals surface area contributed by atoms with E-state index in [1.165, 1.54) is 0 Å². The van der Waals surface area contributed by atoms with Gasteiger partial charge in [-0.2, -0.15) is 0 Å². The van der Waals surface area contributed by atoms with E-state index < -0.39 is 0 Å². The highest BCUT2D eigenvalue weighted by molar-refractivity contribution is 9.10. The first kappa shape index (κ1) is 15.9. The number of likely N-dealkylation sites (N-methyl/N-ethyl adjacent to an activating group) is 1. The zero-order valence-electron chi connectivity index (χ0n) is 11.9. The van der Waals surface area contributed by atoms with Crippen LogP contribution in [0.1, 0.15) is 38.9 Å². The summed E-state index contributed by atoms with van der Waals surface area (Å²) in [5.41, 5.74) is 0. The molecule has 5 nitrogen and oxygen atoms in total. The van der Waals surface area contributed by atoms with Gasteiger partial charge in [0.1, 0.15) is 16.2 Å². The van der Waals surface area contributed by atoms with Crippen molar-refractivity contribution in [2.75, 3.05) is 25.0 Å². The first-order chi connectivity index (χ1) is 8.97. The second-order valence-corrected chi connectivity index (χ2v) is 5.47. The molecule has 0 aromatic carbocycles. The van der Waals surface area contributed by atoms with Crippen molar-refractivity contribution in [1.82, 2.24) is 15.3 Å². The standard InChI is InChI=1S/C13H21BrN4O/c1-5-6-18(8-12(19)15-4)11-7-10(14)16-13(17-11)9(2)3/h7,9H,5-6,8H2,1-4H3,(H,15,19). The fourth-order valence-electron chi connectivity index (χ4n) is 1.64. The van der Waals surface area contributed by atoms with Gasteiger partial charge in [-0.1, -0.05) is 20.8 Å². The molecule has 0 bridgehead atoms. The van der Waals surface area contributed by atoms with Gasteiger partial charge >= 0.3 is 0 Å². The number of aromatic nitrogens is 2. The molecule has 0 aliphatic heterocycles. The highest BCUT2D eigenvalue weighted by Crippen LogP contribution is 2.20. The van der Waals surface area contributed by atoms with Gasteiger partial charge in [0.2, 0.25) is 5.91 Å². The summed E-state index contributed by atoms with van der Waals surface area (Å²) in [5.74, 6) is 1.80. The van der Waals surface area contributed by atoms with E-state index in [0.717, 1.165) is 29.2 Å². The summed E-state index contributed by atoms with van der Waals surface area (Å²) >= 11 is 3.41. The van der Waals surface area contributed by atoms with Crippen molar-refractivity contribution in [2.45, 2.75) is 33.1 Å². The van der Waals surface area contributed by atoms with Crippen LogP contribution in [-0.4, -0.2) is 36.0 Å². The molecule has 1 aromatic rings. The Labute approximate surface area is 122 Å². The number of anilines is 1. The van der Waals surface area contributed by atoms with Crippen molar-refractivity contribution in [3.05, 3.63) is 16.5 Å². The van der Waals surface area contributed by atoms with Gasteiger partial charge in [-0.05, 0) is 22.4 Å². The van der Waals surface area contributed by atoms with E-state index in [1.54, 1.807) is 7.05 Å². The van der Waals surface area contributed by atoms with Crippen molar-refractivity contribution in [3.63, 3.8) is 0 Å². The molecular weight excluding hydrogens is 308 g/mol. The Balaban J connectivity index is 3.03. The minimum absolute atomic E-state index is 0.0192. The smallest absolute Gasteiger partial charge is 0.239 e. The largest absolute Gasteiger partial charge is 0.358 e. The third-order valence-electron chi connectivity index (χ3n) is 2.65. The van der Waals surface area contributed by atoms with Crippen LogP contribution in [0.3, 0.4) is 0 Å². The summed E-state index contributed by atoms with van der Waals surface area (Å²) in [7, 11) is 1.64. The number of halogens is 1. The predicted molar refractivity (Wildman–Crippen MR) is 80.4 cm³/mol. The maximum atomic E-state index is 11.6. The van der Waals surface area contributed by atoms with E-state index >= 15 is 0 Å². The Hall–Kier alpha value is -1.17. The lowest BCUT2D eigenvalue weighted by Crippen LogP contribution is -2.36. The normalized spacial score (nSPS) is 10.6. The van der Waals surface area contributed by atoms with Gasteiger partial charge < -0.3 is 10.2 Å². The van der Waals surface area contributed by atoms with Gasteiger partial charge in [0.15, 0.2) is 0 Å². The number of amides is 1. The second-order valence-electron chi connectivity index (χ2n) is 4.66. The van der Waals surface area contributed by atoms with Gasteiger partial charge in [0, 0.05) is 25.6 Å². The van der Waals surface area contributed by atoms with Crippen LogP contribution in [0.2, 0.25) is 0 Å². The van der Waals surface area contributed by atoms with Crippen LogP contribution < -0.4 is 10.2 Å². The van der Waals surface area contributed by atoms with Crippen LogP contribution in [0.4, 0.5) is 5.82 Å². The summed E-state index contributed by atoms with van der Waals surface area (Å²) in [6.07, 6.45) is 0.954. The summed E-state index contributed by atoms with van der Waals surface area (Å²) < 4.78 is 0.749. The average molecular weight is 329 g/mol. The molecule has 0 fully saturated rings. The number of hydrogen-bond acceptors (Lipinski definition) is 4. The molecule has 1 amide bonds. The maximum absolute atomic E-state index is 11.6. The fraction of sp³-hybridized carbons (Fsp3) is 0.615. The monoisotopic (exact) mass is 328 g/mol. The Morgan fingerprint density at radius 1 is 1.47 bits per heavy atom. The average Bonchev–Trinajstić information content (AvgIpc) is 2.37. The van der Waals surface area contributed by atoms with Crippen LogP contribution in [-0.2, 0) is 4.79 Å². The highest BCUT2D eigenvalue weighted by atomic mass is 79.9. The number of rotatable bonds is 6. The van der Waals surface area contributed by atoms with Gasteiger partial charge in [-0.3, -0.25) is 4.79 Å². The summed E-state index contributed by atoms with van der Waals surface area (Å²) in [6.45, 7) is 7.28. The molecule has 0 aliphatic rings. The molecule has 1 aromatic heterocycles. The second kappa shape index (κ2) is 7.43. The first-order valence-corrected chi connectivity index (χ1v) is 7.27. The highest BCUT2D eigenvalue weighted by Gasteiger charge is 2.14. The number of carbonyl (C=O) groups is 1. The predicted octanol–water partition coefficient (Wildman–Crippen LogP) is 2.32. The van der Waals surface area contributed by atoms with Gasteiger partial charge in [-0.15, -0.1) is 0 Å². The number of hydrogen-bond donors (Lipinski definition) is 1. The molecule has 1 heterocycles. The lowest BCUT2D eigenvalue weighted by Gasteiger charge is -2.23. The van der Waals surface area contributed by atoms with Crippen LogP contribution in [0.15, 0.2) is 10.7 Å². The molecule has 6 heteroatoms. The van der Waals surface area contributed by atoms with E-state index in [9.17, 15) is 4.79 Å². The Morgan fingerprint density at radius 3 is 2.68 bits per heavy atom. The Bertz CT molecular complexity index is 437. The van der Waals surface area contributed by atoms with Crippen molar-refractivity contribution < 1.29 is 4.79 Å². The van der Waals surface area contributed by atoms with E-state index in [0.29, 0.717) is 6.54 Å². The number of nitrogens with one attached hydrogen (secondary N) is 1. The third-order valence-corrected chi connectivity index (χ3v) is 3.05. The van der Waals surface area contributed by atoms with Gasteiger partial charge in [0.25, 0.3) is 0 Å². The minimum Gasteiger partial charge on any atom is -0.358 e. The molecule has 1 N–H and O–H groups in total. The number of carbonyl (C=O) groups excluding carboxylic acids is 1. The van der Waals surface area contributed by atoms with Crippen LogP contribution >= 0.6 is 15.9 Å². The molecule has 0 saturated heterocycles. The minimum atomic E-state index is -0.0192. The van der Waals surface area contributed by atoms with Gasteiger partial charge in [0.05, 0.1) is 6.54 Å². The van der Waals surface area contributed by atoms with Gasteiger partial charge in [-0.25, -0.2) is 9.97 Å². The maximum Gasteiger partial charge on any atom is 0.239 e. The van der Waals surface area contributed by atoms with Crippen molar-refractivity contribution in [1.29, 1.82) is 0 Å². The first-order valence-electron chi connectivity index (χ1n) is 6.47. The third kappa shape index (κ3) is 4.78. The molecule has 0 radical (unpaired) electrons. The topological polar surface area (TPSA) is 58.1 Å². The molecule has 0 spiro atoms. The van der Waals surface area contributed by atoms with E-state index in [2.05, 4.69) is 52.0 Å². The number of nitrogens with zero attached hydrogens (tertiary/aromatic N) is 3. The molecule has 0 aliphatic carbocycles. The molecule has 106 valence electrons. The summed E-state index contributed by atoms with van der Waals surface area (Å²) in [6, 6.07) is 1.85. The molecule has 0 atom stereocenters. The zero-order chi connectivity index (χ0) is 14.4. The fourth-order valence-corrected chi connectivity index (χ4v) is 2.03. The Kier molecular flexibility index (Phi) is 6.21. The van der Waals surface area contributed by atoms with Crippen LogP contribution in [0.25, 0.3) is 0 Å². The molecule has 1 rings (SSSR count). The van der Waals surface area contributed by atoms with E-state index in [4.69, 9.17) is 0 Å². The molecule has 0 saturated carbocycles. The Morgan fingerprint density at radius 2 is 2.16 bits per heavy atom. The summed E-state index contributed by atoms with van der Waals surface area (Å²) in [4.78, 5) is 22.4. The van der Waals surface area contributed by atoms with Crippen LogP contribution in [0.5, 0.6) is 0 Å². The van der Waals surface area contributed by atoms with Crippen molar-refractivity contribution >= 4 is 27.7 Å². The van der Waals surface area contributed by atoms with Crippen molar-refractivity contribution in [2.24, 2.45) is 0 Å². The molecule has 19 heavy (non-hydrogen) atoms. The zero-order valence-corrected chi connectivity index (χ0v) is 13.5. The quantitative estimate of drug-likeness (QED) is 0.814. The summed E-state index contributed by atoms with van der Waals surface area (Å²) in [5, 5.41) is 2.64. The van der Waals surface area contributed by atoms with Crippen molar-refractivity contribution in [3.8, 4) is 0 Å². The van der Waals surface area contributed by atoms with Crippen LogP contribution in [0, 0.1) is 0 Å². The molecule has 0 unspecified atom stereocenters. The SMILES string of the molecule is CCCN(CC(=O)NC)c1cc(Br)nc(C(C)C)n1. The lowest BCUT2D eigenvalue weighted by atomic mass is 10.2. The lowest BCUT2D eigenvalue weighted by molar-refractivity contribution is -0.119.